The molecular formula is C20H22N2O7S. The second kappa shape index (κ2) is 8.31. The number of carbonyl (C=O) groups is 1. The Hall–Kier alpha value is -3.14. The second-order valence-corrected chi connectivity index (χ2v) is 8.82. The topological polar surface area (TPSA) is 103 Å². The number of rotatable bonds is 6. The molecule has 4 rings (SSSR count). The number of ether oxygens (including phenoxy) is 4. The molecule has 0 unspecified atom stereocenters. The molecule has 0 aliphatic carbocycles. The molecule has 2 aliphatic rings. The summed E-state index contributed by atoms with van der Waals surface area (Å²) in [6, 6.07) is 9.83. The van der Waals surface area contributed by atoms with E-state index in [1.165, 1.54) is 6.92 Å². The quantitative estimate of drug-likeness (QED) is 0.742. The number of benzene rings is 2. The summed E-state index contributed by atoms with van der Waals surface area (Å²) < 4.78 is 48.4. The van der Waals surface area contributed by atoms with Crippen molar-refractivity contribution in [3.63, 3.8) is 0 Å². The van der Waals surface area contributed by atoms with Gasteiger partial charge in [0.25, 0.3) is 0 Å². The lowest BCUT2D eigenvalue weighted by Gasteiger charge is -2.26. The van der Waals surface area contributed by atoms with Gasteiger partial charge in [-0.2, -0.15) is 0 Å². The molecule has 2 aromatic rings. The first-order valence-electron chi connectivity index (χ1n) is 9.56. The van der Waals surface area contributed by atoms with Crippen molar-refractivity contribution < 1.29 is 32.2 Å². The molecular weight excluding hydrogens is 412 g/mol. The standard InChI is InChI=1S/C20H22N2O7S/c1-2-30(24,25)22(15-4-6-17-19(12-15)29-10-8-27-17)13-20(23)21-14-3-5-16-18(11-14)28-9-7-26-16/h3-6,11-12H,2,7-10,13H2,1H3,(H,21,23). The Kier molecular flexibility index (Phi) is 5.58. The molecule has 0 saturated carbocycles. The minimum absolute atomic E-state index is 0.154. The number of hydrogen-bond donors (Lipinski definition) is 1. The molecule has 0 saturated heterocycles. The number of nitrogens with one attached hydrogen (secondary N) is 1. The maximum absolute atomic E-state index is 12.7. The van der Waals surface area contributed by atoms with Gasteiger partial charge in [-0.25, -0.2) is 8.42 Å². The fourth-order valence-corrected chi connectivity index (χ4v) is 4.21. The van der Waals surface area contributed by atoms with Crippen LogP contribution in [0.4, 0.5) is 11.4 Å². The van der Waals surface area contributed by atoms with E-state index in [-0.39, 0.29) is 12.3 Å². The van der Waals surface area contributed by atoms with Crippen LogP contribution in [-0.4, -0.2) is 53.1 Å². The molecule has 0 spiro atoms. The van der Waals surface area contributed by atoms with E-state index in [4.69, 9.17) is 18.9 Å². The molecule has 0 atom stereocenters. The summed E-state index contributed by atoms with van der Waals surface area (Å²) in [5, 5.41) is 2.71. The fourth-order valence-electron chi connectivity index (χ4n) is 3.15. The number of anilines is 2. The Morgan fingerprint density at radius 1 is 0.900 bits per heavy atom. The lowest BCUT2D eigenvalue weighted by Crippen LogP contribution is -2.39. The Balaban J connectivity index is 1.54. The predicted octanol–water partition coefficient (Wildman–Crippen LogP) is 2.02. The molecule has 2 aromatic carbocycles. The first-order valence-corrected chi connectivity index (χ1v) is 11.2. The van der Waals surface area contributed by atoms with Gasteiger partial charge >= 0.3 is 0 Å². The lowest BCUT2D eigenvalue weighted by molar-refractivity contribution is -0.114. The van der Waals surface area contributed by atoms with Crippen molar-refractivity contribution in [3.8, 4) is 23.0 Å². The van der Waals surface area contributed by atoms with E-state index >= 15 is 0 Å². The van der Waals surface area contributed by atoms with Crippen LogP contribution in [0.25, 0.3) is 0 Å². The number of hydrogen-bond acceptors (Lipinski definition) is 7. The van der Waals surface area contributed by atoms with Gasteiger partial charge in [0.1, 0.15) is 33.0 Å². The van der Waals surface area contributed by atoms with Gasteiger partial charge < -0.3 is 24.3 Å². The third-order valence-electron chi connectivity index (χ3n) is 4.63. The van der Waals surface area contributed by atoms with Crippen LogP contribution in [0.5, 0.6) is 23.0 Å². The highest BCUT2D eigenvalue weighted by Gasteiger charge is 2.25. The minimum atomic E-state index is -3.71. The van der Waals surface area contributed by atoms with Crippen LogP contribution in [0.1, 0.15) is 6.92 Å². The summed E-state index contributed by atoms with van der Waals surface area (Å²) in [4.78, 5) is 12.7. The largest absolute Gasteiger partial charge is 0.486 e. The zero-order valence-corrected chi connectivity index (χ0v) is 17.2. The summed E-state index contributed by atoms with van der Waals surface area (Å²) in [5.41, 5.74) is 0.818. The van der Waals surface area contributed by atoms with Crippen molar-refractivity contribution in [2.45, 2.75) is 6.92 Å². The molecule has 1 N–H and O–H groups in total. The average molecular weight is 434 g/mol. The van der Waals surface area contributed by atoms with Crippen LogP contribution < -0.4 is 28.6 Å². The third kappa shape index (κ3) is 4.23. The number of carbonyl (C=O) groups excluding carboxylic acids is 1. The van der Waals surface area contributed by atoms with Crippen LogP contribution in [0.3, 0.4) is 0 Å². The van der Waals surface area contributed by atoms with Crippen molar-refractivity contribution in [1.82, 2.24) is 0 Å². The van der Waals surface area contributed by atoms with Crippen molar-refractivity contribution >= 4 is 27.3 Å². The van der Waals surface area contributed by atoms with Crippen LogP contribution in [0.2, 0.25) is 0 Å². The van der Waals surface area contributed by atoms with Crippen LogP contribution in [0, 0.1) is 0 Å². The Bertz CT molecular complexity index is 1060. The molecule has 0 bridgehead atoms. The van der Waals surface area contributed by atoms with Gasteiger partial charge in [-0.05, 0) is 31.2 Å². The molecule has 160 valence electrons. The molecule has 10 heteroatoms. The number of amides is 1. The van der Waals surface area contributed by atoms with Crippen LogP contribution in [-0.2, 0) is 14.8 Å². The number of nitrogens with zero attached hydrogens (tertiary/aromatic N) is 1. The first-order chi connectivity index (χ1) is 14.5. The van der Waals surface area contributed by atoms with Gasteiger partial charge in [0.2, 0.25) is 15.9 Å². The molecule has 0 fully saturated rings. The van der Waals surface area contributed by atoms with Crippen LogP contribution in [0.15, 0.2) is 36.4 Å². The molecule has 0 radical (unpaired) electrons. The smallest absolute Gasteiger partial charge is 0.245 e. The molecule has 9 nitrogen and oxygen atoms in total. The molecule has 2 heterocycles. The van der Waals surface area contributed by atoms with Gasteiger partial charge in [-0.1, -0.05) is 0 Å². The van der Waals surface area contributed by atoms with Gasteiger partial charge in [0, 0.05) is 17.8 Å². The predicted molar refractivity (Wildman–Crippen MR) is 110 cm³/mol. The second-order valence-electron chi connectivity index (χ2n) is 6.64. The van der Waals surface area contributed by atoms with Gasteiger partial charge in [-0.3, -0.25) is 9.10 Å². The Morgan fingerprint density at radius 3 is 2.10 bits per heavy atom. The summed E-state index contributed by atoms with van der Waals surface area (Å²) in [5.74, 6) is 1.48. The fraction of sp³-hybridized carbons (Fsp3) is 0.350. The van der Waals surface area contributed by atoms with E-state index in [1.807, 2.05) is 0 Å². The lowest BCUT2D eigenvalue weighted by atomic mass is 10.2. The van der Waals surface area contributed by atoms with Crippen molar-refractivity contribution in [2.24, 2.45) is 0 Å². The zero-order chi connectivity index (χ0) is 21.1. The molecule has 2 aliphatic heterocycles. The van der Waals surface area contributed by atoms with Crippen molar-refractivity contribution in [2.75, 3.05) is 48.3 Å². The minimum Gasteiger partial charge on any atom is -0.486 e. The van der Waals surface area contributed by atoms with Crippen molar-refractivity contribution in [3.05, 3.63) is 36.4 Å². The normalized spacial score (nSPS) is 14.7. The van der Waals surface area contributed by atoms with E-state index in [2.05, 4.69) is 5.32 Å². The molecule has 1 amide bonds. The maximum atomic E-state index is 12.7. The van der Waals surface area contributed by atoms with Gasteiger partial charge in [-0.15, -0.1) is 0 Å². The highest BCUT2D eigenvalue weighted by Crippen LogP contribution is 2.35. The van der Waals surface area contributed by atoms with Gasteiger partial charge in [0.05, 0.1) is 11.4 Å². The first kappa shape index (κ1) is 20.1. The van der Waals surface area contributed by atoms with Crippen LogP contribution >= 0.6 is 0 Å². The van der Waals surface area contributed by atoms with Crippen molar-refractivity contribution in [1.29, 1.82) is 0 Å². The average Bonchev–Trinajstić information content (AvgIpc) is 2.77. The summed E-state index contributed by atoms with van der Waals surface area (Å²) in [6.07, 6.45) is 0. The molecule has 30 heavy (non-hydrogen) atoms. The zero-order valence-electron chi connectivity index (χ0n) is 16.4. The number of fused-ring (bicyclic) bond motifs is 2. The Labute approximate surface area is 174 Å². The van der Waals surface area contributed by atoms with E-state index in [9.17, 15) is 13.2 Å². The van der Waals surface area contributed by atoms with E-state index < -0.39 is 15.9 Å². The SMILES string of the molecule is CCS(=O)(=O)N(CC(=O)Nc1ccc2c(c1)OCCO2)c1ccc2c(c1)OCCO2. The highest BCUT2D eigenvalue weighted by molar-refractivity contribution is 7.92. The van der Waals surface area contributed by atoms with E-state index in [1.54, 1.807) is 36.4 Å². The summed E-state index contributed by atoms with van der Waals surface area (Å²) >= 11 is 0. The van der Waals surface area contributed by atoms with E-state index in [0.29, 0.717) is 60.8 Å². The highest BCUT2D eigenvalue weighted by atomic mass is 32.2. The molecule has 0 aromatic heterocycles. The summed E-state index contributed by atoms with van der Waals surface area (Å²) in [6.45, 7) is 2.85. The van der Waals surface area contributed by atoms with Gasteiger partial charge in [0.15, 0.2) is 23.0 Å². The summed E-state index contributed by atoms with van der Waals surface area (Å²) in [7, 11) is -3.71. The third-order valence-corrected chi connectivity index (χ3v) is 6.37. The number of sulfonamides is 1. The maximum Gasteiger partial charge on any atom is 0.245 e. The van der Waals surface area contributed by atoms with E-state index in [0.717, 1.165) is 4.31 Å². The monoisotopic (exact) mass is 434 g/mol. The Morgan fingerprint density at radius 2 is 1.47 bits per heavy atom.